The summed E-state index contributed by atoms with van der Waals surface area (Å²) >= 11 is 6.20. The van der Waals surface area contributed by atoms with Gasteiger partial charge in [0.1, 0.15) is 0 Å². The maximum Gasteiger partial charge on any atom is 0.256 e. The summed E-state index contributed by atoms with van der Waals surface area (Å²) in [7, 11) is 3.82. The molecule has 0 unspecified atom stereocenters. The number of carbonyl (C=O) groups is 1. The van der Waals surface area contributed by atoms with E-state index in [1.165, 1.54) is 0 Å². The second-order valence-electron chi connectivity index (χ2n) is 5.09. The molecule has 5 heteroatoms. The quantitative estimate of drug-likeness (QED) is 0.853. The Labute approximate surface area is 129 Å². The number of halogens is 1. The van der Waals surface area contributed by atoms with Gasteiger partial charge in [-0.1, -0.05) is 17.7 Å². The van der Waals surface area contributed by atoms with E-state index in [1.807, 2.05) is 44.1 Å². The van der Waals surface area contributed by atoms with Crippen molar-refractivity contribution >= 4 is 34.6 Å². The molecule has 1 amide bonds. The van der Waals surface area contributed by atoms with E-state index in [-0.39, 0.29) is 5.91 Å². The summed E-state index contributed by atoms with van der Waals surface area (Å²) in [5.41, 5.74) is 9.27. The van der Waals surface area contributed by atoms with Crippen LogP contribution in [0.3, 0.4) is 0 Å². The van der Waals surface area contributed by atoms with Crippen LogP contribution in [-0.4, -0.2) is 20.0 Å². The predicted octanol–water partition coefficient (Wildman–Crippen LogP) is 3.55. The van der Waals surface area contributed by atoms with E-state index in [2.05, 4.69) is 5.32 Å². The average molecular weight is 304 g/mol. The molecule has 0 aliphatic heterocycles. The summed E-state index contributed by atoms with van der Waals surface area (Å²) in [6.45, 7) is 1.87. The number of nitrogens with one attached hydrogen (secondary N) is 1. The fraction of sp³-hybridized carbons (Fsp3) is 0.188. The molecular formula is C16H18ClN3O. The third kappa shape index (κ3) is 3.47. The van der Waals surface area contributed by atoms with Crippen molar-refractivity contribution in [2.24, 2.45) is 0 Å². The van der Waals surface area contributed by atoms with E-state index < -0.39 is 0 Å². The first kappa shape index (κ1) is 15.2. The van der Waals surface area contributed by atoms with Crippen molar-refractivity contribution in [2.75, 3.05) is 30.0 Å². The van der Waals surface area contributed by atoms with Crippen molar-refractivity contribution < 1.29 is 4.79 Å². The Kier molecular flexibility index (Phi) is 4.38. The van der Waals surface area contributed by atoms with Gasteiger partial charge in [-0.05, 0) is 42.8 Å². The molecule has 3 N–H and O–H groups in total. The van der Waals surface area contributed by atoms with Crippen LogP contribution in [-0.2, 0) is 0 Å². The zero-order valence-electron chi connectivity index (χ0n) is 12.3. The number of hydrogen-bond donors (Lipinski definition) is 2. The van der Waals surface area contributed by atoms with E-state index >= 15 is 0 Å². The number of nitrogens with two attached hydrogens (primary N) is 1. The van der Waals surface area contributed by atoms with Crippen molar-refractivity contribution in [1.82, 2.24) is 0 Å². The minimum absolute atomic E-state index is 0.200. The first-order valence-electron chi connectivity index (χ1n) is 6.53. The molecule has 0 aliphatic rings. The predicted molar refractivity (Wildman–Crippen MR) is 89.3 cm³/mol. The van der Waals surface area contributed by atoms with Gasteiger partial charge in [-0.2, -0.15) is 0 Å². The Morgan fingerprint density at radius 3 is 2.52 bits per heavy atom. The van der Waals surface area contributed by atoms with Crippen molar-refractivity contribution in [1.29, 1.82) is 0 Å². The van der Waals surface area contributed by atoms with Gasteiger partial charge in [0.25, 0.3) is 5.91 Å². The molecule has 0 aliphatic carbocycles. The second-order valence-corrected chi connectivity index (χ2v) is 5.50. The van der Waals surface area contributed by atoms with Crippen LogP contribution in [0.15, 0.2) is 36.4 Å². The van der Waals surface area contributed by atoms with Crippen LogP contribution in [0.25, 0.3) is 0 Å². The van der Waals surface area contributed by atoms with Crippen molar-refractivity contribution in [3.05, 3.63) is 52.5 Å². The number of aryl methyl sites for hydroxylation is 1. The highest BCUT2D eigenvalue weighted by Gasteiger charge is 2.11. The van der Waals surface area contributed by atoms with E-state index in [1.54, 1.807) is 18.2 Å². The zero-order chi connectivity index (χ0) is 15.6. The van der Waals surface area contributed by atoms with Crippen molar-refractivity contribution in [3.63, 3.8) is 0 Å². The summed E-state index contributed by atoms with van der Waals surface area (Å²) in [5.74, 6) is -0.200. The van der Waals surface area contributed by atoms with Crippen LogP contribution in [0.2, 0.25) is 5.02 Å². The lowest BCUT2D eigenvalue weighted by atomic mass is 10.1. The number of carbonyl (C=O) groups excluding carboxylic acids is 1. The maximum atomic E-state index is 12.3. The van der Waals surface area contributed by atoms with Gasteiger partial charge in [-0.15, -0.1) is 0 Å². The topological polar surface area (TPSA) is 58.4 Å². The van der Waals surface area contributed by atoms with E-state index in [0.717, 1.165) is 11.3 Å². The summed E-state index contributed by atoms with van der Waals surface area (Å²) in [6.07, 6.45) is 0. The molecule has 0 atom stereocenters. The van der Waals surface area contributed by atoms with Crippen LogP contribution in [0.4, 0.5) is 17.1 Å². The molecule has 0 heterocycles. The molecule has 21 heavy (non-hydrogen) atoms. The molecule has 0 aromatic heterocycles. The normalized spacial score (nSPS) is 10.3. The first-order valence-corrected chi connectivity index (χ1v) is 6.90. The molecule has 4 nitrogen and oxygen atoms in total. The number of benzene rings is 2. The summed E-state index contributed by atoms with van der Waals surface area (Å²) in [6, 6.07) is 10.7. The third-order valence-corrected chi connectivity index (χ3v) is 3.50. The Morgan fingerprint density at radius 2 is 1.90 bits per heavy atom. The van der Waals surface area contributed by atoms with E-state index in [4.69, 9.17) is 17.3 Å². The Balaban J connectivity index is 2.24. The van der Waals surface area contributed by atoms with E-state index in [0.29, 0.717) is 22.0 Å². The van der Waals surface area contributed by atoms with Gasteiger partial charge in [0, 0.05) is 31.0 Å². The lowest BCUT2D eigenvalue weighted by Crippen LogP contribution is -2.14. The second kappa shape index (κ2) is 6.06. The SMILES string of the molecule is Cc1ccc(N)cc1C(=O)Nc1ccc(N(C)C)c(Cl)c1. The molecule has 2 aromatic rings. The minimum atomic E-state index is -0.200. The molecule has 0 bridgehead atoms. The zero-order valence-corrected chi connectivity index (χ0v) is 13.0. The molecule has 2 rings (SSSR count). The van der Waals surface area contributed by atoms with Crippen LogP contribution in [0.1, 0.15) is 15.9 Å². The number of nitrogens with zero attached hydrogens (tertiary/aromatic N) is 1. The van der Waals surface area contributed by atoms with Crippen LogP contribution < -0.4 is 16.0 Å². The number of anilines is 3. The van der Waals surface area contributed by atoms with Gasteiger partial charge in [0.2, 0.25) is 0 Å². The molecule has 0 radical (unpaired) electrons. The van der Waals surface area contributed by atoms with Crippen molar-refractivity contribution in [2.45, 2.75) is 6.92 Å². The van der Waals surface area contributed by atoms with Gasteiger partial charge in [-0.25, -0.2) is 0 Å². The largest absolute Gasteiger partial charge is 0.399 e. The molecule has 0 spiro atoms. The highest BCUT2D eigenvalue weighted by Crippen LogP contribution is 2.27. The molecule has 0 fully saturated rings. The van der Waals surface area contributed by atoms with Crippen molar-refractivity contribution in [3.8, 4) is 0 Å². The lowest BCUT2D eigenvalue weighted by Gasteiger charge is -2.15. The van der Waals surface area contributed by atoms with Crippen LogP contribution >= 0.6 is 11.6 Å². The van der Waals surface area contributed by atoms with Gasteiger partial charge in [-0.3, -0.25) is 4.79 Å². The molecule has 110 valence electrons. The number of amides is 1. The maximum absolute atomic E-state index is 12.3. The summed E-state index contributed by atoms with van der Waals surface area (Å²) in [5, 5.41) is 3.42. The average Bonchev–Trinajstić information content (AvgIpc) is 2.41. The van der Waals surface area contributed by atoms with Gasteiger partial charge < -0.3 is 16.0 Å². The summed E-state index contributed by atoms with van der Waals surface area (Å²) in [4.78, 5) is 14.2. The molecule has 0 saturated carbocycles. The number of nitrogen functional groups attached to an aromatic ring is 1. The lowest BCUT2D eigenvalue weighted by molar-refractivity contribution is 0.102. The Morgan fingerprint density at radius 1 is 1.19 bits per heavy atom. The highest BCUT2D eigenvalue weighted by atomic mass is 35.5. The molecular weight excluding hydrogens is 286 g/mol. The Hall–Kier alpha value is -2.20. The van der Waals surface area contributed by atoms with Gasteiger partial charge >= 0.3 is 0 Å². The first-order chi connectivity index (χ1) is 9.88. The Bertz CT molecular complexity index is 683. The standard InChI is InChI=1S/C16H18ClN3O/c1-10-4-5-11(18)8-13(10)16(21)19-12-6-7-15(20(2)3)14(17)9-12/h4-9H,18H2,1-3H3,(H,19,21). The smallest absolute Gasteiger partial charge is 0.256 e. The number of hydrogen-bond acceptors (Lipinski definition) is 3. The van der Waals surface area contributed by atoms with Crippen LogP contribution in [0.5, 0.6) is 0 Å². The highest BCUT2D eigenvalue weighted by molar-refractivity contribution is 6.33. The van der Waals surface area contributed by atoms with Crippen LogP contribution in [0, 0.1) is 6.92 Å². The monoisotopic (exact) mass is 303 g/mol. The minimum Gasteiger partial charge on any atom is -0.399 e. The number of rotatable bonds is 3. The van der Waals surface area contributed by atoms with Gasteiger partial charge in [0.15, 0.2) is 0 Å². The fourth-order valence-electron chi connectivity index (χ4n) is 2.03. The van der Waals surface area contributed by atoms with Gasteiger partial charge in [0.05, 0.1) is 10.7 Å². The fourth-order valence-corrected chi connectivity index (χ4v) is 2.38. The third-order valence-electron chi connectivity index (χ3n) is 3.19. The summed E-state index contributed by atoms with van der Waals surface area (Å²) < 4.78 is 0. The molecule has 0 saturated heterocycles. The van der Waals surface area contributed by atoms with E-state index in [9.17, 15) is 4.79 Å². The molecule has 2 aromatic carbocycles.